The quantitative estimate of drug-likeness (QED) is 0.847. The van der Waals surface area contributed by atoms with Crippen LogP contribution in [0.5, 0.6) is 0 Å². The zero-order valence-electron chi connectivity index (χ0n) is 11.9. The molecule has 0 bridgehead atoms. The Balaban J connectivity index is 1.81. The van der Waals surface area contributed by atoms with Crippen LogP contribution >= 0.6 is 0 Å². The highest BCUT2D eigenvalue weighted by atomic mass is 32.2. The van der Waals surface area contributed by atoms with Crippen molar-refractivity contribution in [2.75, 3.05) is 6.54 Å². The number of halogens is 3. The van der Waals surface area contributed by atoms with E-state index >= 15 is 0 Å². The van der Waals surface area contributed by atoms with Gasteiger partial charge in [-0.3, -0.25) is 0 Å². The smallest absolute Gasteiger partial charge is 0.305 e. The fourth-order valence-electron chi connectivity index (χ4n) is 2.46. The summed E-state index contributed by atoms with van der Waals surface area (Å²) in [6.45, 7) is -0.368. The summed E-state index contributed by atoms with van der Waals surface area (Å²) < 4.78 is 65.2. The van der Waals surface area contributed by atoms with E-state index in [2.05, 4.69) is 10.2 Å². The summed E-state index contributed by atoms with van der Waals surface area (Å²) in [5, 5.41) is 6.62. The summed E-state index contributed by atoms with van der Waals surface area (Å²) in [6.07, 6.45) is -4.60. The minimum absolute atomic E-state index is 0.000196. The molecule has 2 aromatic rings. The molecule has 0 atom stereocenters. The molecule has 0 amide bonds. The molecule has 1 aromatic heterocycles. The Hall–Kier alpha value is -1.94. The van der Waals surface area contributed by atoms with Crippen molar-refractivity contribution >= 4 is 10.0 Å². The zero-order chi connectivity index (χ0) is 16.7. The number of rotatable bonds is 3. The lowest BCUT2D eigenvalue weighted by Gasteiger charge is -2.27. The molecule has 0 fully saturated rings. The minimum atomic E-state index is -4.60. The van der Waals surface area contributed by atoms with Crippen LogP contribution in [0.25, 0.3) is 0 Å². The molecule has 23 heavy (non-hydrogen) atoms. The van der Waals surface area contributed by atoms with Gasteiger partial charge in [0.05, 0.1) is 12.3 Å². The second-order valence-electron chi connectivity index (χ2n) is 5.16. The molecule has 0 radical (unpaired) electrons. The van der Waals surface area contributed by atoms with E-state index in [-0.39, 0.29) is 31.2 Å². The average molecular weight is 346 g/mol. The van der Waals surface area contributed by atoms with Gasteiger partial charge in [-0.15, -0.1) is 10.2 Å². The van der Waals surface area contributed by atoms with Crippen LogP contribution in [0.4, 0.5) is 13.2 Å². The monoisotopic (exact) mass is 346 g/mol. The van der Waals surface area contributed by atoms with Gasteiger partial charge in [0.1, 0.15) is 5.82 Å². The van der Waals surface area contributed by atoms with Crippen molar-refractivity contribution < 1.29 is 21.6 Å². The van der Waals surface area contributed by atoms with Crippen molar-refractivity contribution in [1.29, 1.82) is 0 Å². The number of benzene rings is 1. The summed E-state index contributed by atoms with van der Waals surface area (Å²) in [4.78, 5) is 0. The maximum atomic E-state index is 12.8. The molecular formula is C13H13F3N4O2S. The van der Waals surface area contributed by atoms with Crippen LogP contribution in [0.3, 0.4) is 0 Å². The summed E-state index contributed by atoms with van der Waals surface area (Å²) in [6, 6.07) is 8.61. The van der Waals surface area contributed by atoms with Crippen molar-refractivity contribution in [3.63, 3.8) is 0 Å². The van der Waals surface area contributed by atoms with E-state index in [9.17, 15) is 21.6 Å². The molecule has 10 heteroatoms. The van der Waals surface area contributed by atoms with Gasteiger partial charge in [0.25, 0.3) is 0 Å². The maximum Gasteiger partial charge on any atom is 0.451 e. The molecule has 1 aliphatic rings. The number of aromatic nitrogens is 3. The first-order valence-electron chi connectivity index (χ1n) is 6.78. The van der Waals surface area contributed by atoms with Gasteiger partial charge in [0.2, 0.25) is 15.8 Å². The molecule has 6 nitrogen and oxygen atoms in total. The third kappa shape index (κ3) is 3.22. The van der Waals surface area contributed by atoms with E-state index in [1.807, 2.05) is 0 Å². The molecule has 3 rings (SSSR count). The minimum Gasteiger partial charge on any atom is -0.305 e. The highest BCUT2D eigenvalue weighted by molar-refractivity contribution is 7.88. The van der Waals surface area contributed by atoms with Gasteiger partial charge in [-0.05, 0) is 5.56 Å². The number of hydrogen-bond acceptors (Lipinski definition) is 4. The Kier molecular flexibility index (Phi) is 3.88. The Morgan fingerprint density at radius 1 is 1.09 bits per heavy atom. The van der Waals surface area contributed by atoms with Crippen molar-refractivity contribution in [2.45, 2.75) is 25.0 Å². The lowest BCUT2D eigenvalue weighted by Crippen LogP contribution is -2.39. The van der Waals surface area contributed by atoms with Crippen LogP contribution in [-0.4, -0.2) is 34.0 Å². The molecule has 1 aliphatic heterocycles. The number of hydrogen-bond donors (Lipinski definition) is 0. The standard InChI is InChI=1S/C13H13F3N4O2S/c14-13(15,16)12-18-17-11-8-19(6-7-20(11)12)23(21,22)9-10-4-2-1-3-5-10/h1-5H,6-9H2. The predicted molar refractivity (Wildman–Crippen MR) is 74.5 cm³/mol. The van der Waals surface area contributed by atoms with Gasteiger partial charge >= 0.3 is 6.18 Å². The Labute approximate surface area is 130 Å². The third-order valence-corrected chi connectivity index (χ3v) is 5.35. The molecule has 1 aromatic carbocycles. The normalized spacial score (nSPS) is 16.3. The van der Waals surface area contributed by atoms with E-state index < -0.39 is 22.0 Å². The second-order valence-corrected chi connectivity index (χ2v) is 7.13. The van der Waals surface area contributed by atoms with Crippen LogP contribution in [0.15, 0.2) is 30.3 Å². The highest BCUT2D eigenvalue weighted by Crippen LogP contribution is 2.30. The van der Waals surface area contributed by atoms with Gasteiger partial charge in [-0.2, -0.15) is 17.5 Å². The summed E-state index contributed by atoms with van der Waals surface area (Å²) >= 11 is 0. The van der Waals surface area contributed by atoms with Crippen molar-refractivity contribution in [1.82, 2.24) is 19.1 Å². The van der Waals surface area contributed by atoms with Gasteiger partial charge in [-0.25, -0.2) is 8.42 Å². The largest absolute Gasteiger partial charge is 0.451 e. The van der Waals surface area contributed by atoms with Crippen LogP contribution in [0.2, 0.25) is 0 Å². The Bertz CT molecular complexity index is 802. The number of alkyl halides is 3. The van der Waals surface area contributed by atoms with Gasteiger partial charge in [-0.1, -0.05) is 30.3 Å². The number of nitrogens with zero attached hydrogens (tertiary/aromatic N) is 4. The molecule has 0 saturated carbocycles. The van der Waals surface area contributed by atoms with E-state index in [0.717, 1.165) is 8.87 Å². The molecular weight excluding hydrogens is 333 g/mol. The molecule has 2 heterocycles. The van der Waals surface area contributed by atoms with Crippen LogP contribution in [0.1, 0.15) is 17.2 Å². The fraction of sp³-hybridized carbons (Fsp3) is 0.385. The molecule has 0 N–H and O–H groups in total. The lowest BCUT2D eigenvalue weighted by atomic mass is 10.2. The lowest BCUT2D eigenvalue weighted by molar-refractivity contribution is -0.147. The Morgan fingerprint density at radius 2 is 1.78 bits per heavy atom. The number of sulfonamides is 1. The van der Waals surface area contributed by atoms with Gasteiger partial charge in [0.15, 0.2) is 0 Å². The van der Waals surface area contributed by atoms with Crippen molar-refractivity contribution in [3.05, 3.63) is 47.5 Å². The molecule has 0 spiro atoms. The Morgan fingerprint density at radius 3 is 2.43 bits per heavy atom. The van der Waals surface area contributed by atoms with Crippen LogP contribution in [0, 0.1) is 0 Å². The summed E-state index contributed by atoms with van der Waals surface area (Å²) in [7, 11) is -3.63. The van der Waals surface area contributed by atoms with Crippen molar-refractivity contribution in [2.24, 2.45) is 0 Å². The second kappa shape index (κ2) is 5.60. The summed E-state index contributed by atoms with van der Waals surface area (Å²) in [5.41, 5.74) is 0.621. The molecule has 0 aliphatic carbocycles. The van der Waals surface area contributed by atoms with E-state index in [1.54, 1.807) is 30.3 Å². The maximum absolute atomic E-state index is 12.8. The van der Waals surface area contributed by atoms with E-state index in [1.165, 1.54) is 0 Å². The van der Waals surface area contributed by atoms with Crippen LogP contribution in [-0.2, 0) is 35.0 Å². The first kappa shape index (κ1) is 15.9. The van der Waals surface area contributed by atoms with Gasteiger partial charge < -0.3 is 4.57 Å². The third-order valence-electron chi connectivity index (χ3n) is 3.56. The predicted octanol–water partition coefficient (Wildman–Crippen LogP) is 1.64. The first-order valence-corrected chi connectivity index (χ1v) is 8.39. The molecule has 0 unspecified atom stereocenters. The van der Waals surface area contributed by atoms with Crippen LogP contribution < -0.4 is 0 Å². The zero-order valence-corrected chi connectivity index (χ0v) is 12.7. The summed E-state index contributed by atoms with van der Waals surface area (Å²) in [5.74, 6) is -1.29. The van der Waals surface area contributed by atoms with Gasteiger partial charge in [0, 0.05) is 13.1 Å². The first-order chi connectivity index (χ1) is 10.8. The average Bonchev–Trinajstić information content (AvgIpc) is 2.90. The number of fused-ring (bicyclic) bond motifs is 1. The molecule has 124 valence electrons. The SMILES string of the molecule is O=S(=O)(Cc1ccccc1)N1CCn2c(nnc2C(F)(F)F)C1. The topological polar surface area (TPSA) is 68.1 Å². The molecule has 0 saturated heterocycles. The fourth-order valence-corrected chi connectivity index (χ4v) is 3.93. The van der Waals surface area contributed by atoms with Crippen molar-refractivity contribution in [3.8, 4) is 0 Å². The van der Waals surface area contributed by atoms with E-state index in [4.69, 9.17) is 0 Å². The van der Waals surface area contributed by atoms with E-state index in [0.29, 0.717) is 5.56 Å². The highest BCUT2D eigenvalue weighted by Gasteiger charge is 2.40.